The topological polar surface area (TPSA) is 72.7 Å². The van der Waals surface area contributed by atoms with Crippen LogP contribution in [0.4, 0.5) is 5.13 Å². The van der Waals surface area contributed by atoms with E-state index in [0.29, 0.717) is 21.6 Å². The van der Waals surface area contributed by atoms with Crippen molar-refractivity contribution in [1.82, 2.24) is 20.0 Å². The quantitative estimate of drug-likeness (QED) is 0.507. The lowest BCUT2D eigenvalue weighted by molar-refractivity contribution is 0.103. The van der Waals surface area contributed by atoms with E-state index in [2.05, 4.69) is 20.6 Å². The molecular formula is C18H16ClN5OS2. The third-order valence-electron chi connectivity index (χ3n) is 4.07. The zero-order chi connectivity index (χ0) is 19.0. The average molecular weight is 418 g/mol. The minimum absolute atomic E-state index is 0.174. The van der Waals surface area contributed by atoms with E-state index in [0.717, 1.165) is 32.9 Å². The molecule has 0 aliphatic heterocycles. The summed E-state index contributed by atoms with van der Waals surface area (Å²) in [5.74, 6) is -0.174. The summed E-state index contributed by atoms with van der Waals surface area (Å²) in [5, 5.41) is 18.6. The minimum atomic E-state index is -0.174. The highest BCUT2D eigenvalue weighted by Gasteiger charge is 2.17. The van der Waals surface area contributed by atoms with Gasteiger partial charge in [-0.1, -0.05) is 42.0 Å². The van der Waals surface area contributed by atoms with Gasteiger partial charge in [-0.25, -0.2) is 0 Å². The zero-order valence-electron chi connectivity index (χ0n) is 14.7. The number of aryl methyl sites for hydroxylation is 2. The molecule has 0 atom stereocenters. The van der Waals surface area contributed by atoms with Crippen LogP contribution in [0.5, 0.6) is 0 Å². The van der Waals surface area contributed by atoms with Crippen molar-refractivity contribution in [2.24, 2.45) is 0 Å². The summed E-state index contributed by atoms with van der Waals surface area (Å²) in [4.78, 5) is 14.2. The van der Waals surface area contributed by atoms with Gasteiger partial charge in [-0.15, -0.1) is 21.5 Å². The zero-order valence-corrected chi connectivity index (χ0v) is 17.1. The highest BCUT2D eigenvalue weighted by molar-refractivity contribution is 7.20. The molecule has 0 bridgehead atoms. The van der Waals surface area contributed by atoms with Crippen LogP contribution in [0.3, 0.4) is 0 Å². The molecule has 1 N–H and O–H groups in total. The lowest BCUT2D eigenvalue weighted by atomic mass is 10.2. The minimum Gasteiger partial charge on any atom is -0.296 e. The third-order valence-corrected chi connectivity index (χ3v) is 6.45. The first-order valence-corrected chi connectivity index (χ1v) is 10.4. The van der Waals surface area contributed by atoms with Gasteiger partial charge in [0.15, 0.2) is 0 Å². The molecular weight excluding hydrogens is 402 g/mol. The van der Waals surface area contributed by atoms with Gasteiger partial charge in [0.1, 0.15) is 9.84 Å². The lowest BCUT2D eigenvalue weighted by Gasteiger charge is -2.03. The van der Waals surface area contributed by atoms with Gasteiger partial charge >= 0.3 is 0 Å². The van der Waals surface area contributed by atoms with Crippen LogP contribution in [0.25, 0.3) is 10.2 Å². The molecule has 0 spiro atoms. The molecule has 3 heterocycles. The summed E-state index contributed by atoms with van der Waals surface area (Å²) < 4.78 is 1.93. The molecule has 0 radical (unpaired) electrons. The van der Waals surface area contributed by atoms with Gasteiger partial charge in [0, 0.05) is 10.4 Å². The monoisotopic (exact) mass is 417 g/mol. The van der Waals surface area contributed by atoms with E-state index in [1.165, 1.54) is 22.7 Å². The second-order valence-corrected chi connectivity index (χ2v) is 8.54. The number of hydrogen-bond acceptors (Lipinski definition) is 6. The Balaban J connectivity index is 1.59. The predicted molar refractivity (Wildman–Crippen MR) is 110 cm³/mol. The Bertz CT molecular complexity index is 1110. The van der Waals surface area contributed by atoms with Gasteiger partial charge in [-0.3, -0.25) is 14.8 Å². The van der Waals surface area contributed by atoms with Crippen molar-refractivity contribution in [3.05, 3.63) is 56.5 Å². The summed E-state index contributed by atoms with van der Waals surface area (Å²) in [6.07, 6.45) is 0.802. The second-order valence-electron chi connectivity index (χ2n) is 6.01. The fourth-order valence-corrected chi connectivity index (χ4v) is 4.56. The van der Waals surface area contributed by atoms with Crippen molar-refractivity contribution in [3.63, 3.8) is 0 Å². The summed E-state index contributed by atoms with van der Waals surface area (Å²) in [5.41, 5.74) is 2.00. The van der Waals surface area contributed by atoms with Crippen molar-refractivity contribution < 1.29 is 4.79 Å². The van der Waals surface area contributed by atoms with Gasteiger partial charge in [0.2, 0.25) is 5.13 Å². The summed E-state index contributed by atoms with van der Waals surface area (Å²) in [7, 11) is 0. The van der Waals surface area contributed by atoms with Crippen LogP contribution in [0.2, 0.25) is 5.02 Å². The first-order valence-electron chi connectivity index (χ1n) is 8.38. The number of halogens is 1. The normalized spacial score (nSPS) is 11.2. The van der Waals surface area contributed by atoms with Crippen LogP contribution in [0, 0.1) is 6.92 Å². The molecule has 27 heavy (non-hydrogen) atoms. The Hall–Kier alpha value is -2.29. The van der Waals surface area contributed by atoms with Gasteiger partial charge in [-0.05, 0) is 37.1 Å². The Morgan fingerprint density at radius 2 is 2.00 bits per heavy atom. The maximum Gasteiger partial charge on any atom is 0.267 e. The number of thiophene rings is 1. The SMILES string of the molecule is CCc1nnc(NC(=O)c2cc3c(C)nn(Cc4ccc(Cl)cc4)c3s2)s1. The first kappa shape index (κ1) is 18.1. The van der Waals surface area contributed by atoms with Gasteiger partial charge in [-0.2, -0.15) is 5.10 Å². The van der Waals surface area contributed by atoms with Gasteiger partial charge in [0.05, 0.1) is 17.1 Å². The molecule has 0 saturated heterocycles. The number of nitrogens with zero attached hydrogens (tertiary/aromatic N) is 4. The van der Waals surface area contributed by atoms with Crippen LogP contribution >= 0.6 is 34.3 Å². The third kappa shape index (κ3) is 3.73. The van der Waals surface area contributed by atoms with Crippen molar-refractivity contribution >= 4 is 55.5 Å². The number of nitrogens with one attached hydrogen (secondary N) is 1. The van der Waals surface area contributed by atoms with Crippen LogP contribution in [0.15, 0.2) is 30.3 Å². The molecule has 1 amide bonds. The van der Waals surface area contributed by atoms with Crippen molar-refractivity contribution in [1.29, 1.82) is 0 Å². The molecule has 6 nitrogen and oxygen atoms in total. The number of hydrogen-bond donors (Lipinski definition) is 1. The van der Waals surface area contributed by atoms with Crippen LogP contribution in [0.1, 0.15) is 32.9 Å². The van der Waals surface area contributed by atoms with E-state index < -0.39 is 0 Å². The van der Waals surface area contributed by atoms with Gasteiger partial charge in [0.25, 0.3) is 5.91 Å². The average Bonchev–Trinajstić information content (AvgIpc) is 3.35. The fraction of sp³-hybridized carbons (Fsp3) is 0.222. The molecule has 3 aromatic heterocycles. The highest BCUT2D eigenvalue weighted by Crippen LogP contribution is 2.30. The summed E-state index contributed by atoms with van der Waals surface area (Å²) in [6, 6.07) is 9.58. The van der Waals surface area contributed by atoms with Crippen LogP contribution in [-0.4, -0.2) is 25.9 Å². The van der Waals surface area contributed by atoms with Crippen molar-refractivity contribution in [2.45, 2.75) is 26.8 Å². The number of carbonyl (C=O) groups is 1. The molecule has 0 aliphatic rings. The second kappa shape index (κ2) is 7.38. The predicted octanol–water partition coefficient (Wildman–Crippen LogP) is 4.77. The molecule has 4 aromatic rings. The molecule has 0 aliphatic carbocycles. The van der Waals surface area contributed by atoms with Crippen molar-refractivity contribution in [3.8, 4) is 0 Å². The Labute approximate surface area is 168 Å². The van der Waals surface area contributed by atoms with Gasteiger partial charge < -0.3 is 0 Å². The molecule has 0 fully saturated rings. The van der Waals surface area contributed by atoms with E-state index in [1.807, 2.05) is 48.9 Å². The summed E-state index contributed by atoms with van der Waals surface area (Å²) in [6.45, 7) is 4.58. The highest BCUT2D eigenvalue weighted by atomic mass is 35.5. The molecule has 9 heteroatoms. The fourth-order valence-electron chi connectivity index (χ4n) is 2.70. The van der Waals surface area contributed by atoms with Crippen LogP contribution in [-0.2, 0) is 13.0 Å². The maximum absolute atomic E-state index is 12.6. The van der Waals surface area contributed by atoms with E-state index in [-0.39, 0.29) is 5.91 Å². The molecule has 4 rings (SSSR count). The Morgan fingerprint density at radius 1 is 1.22 bits per heavy atom. The number of fused-ring (bicyclic) bond motifs is 1. The number of anilines is 1. The molecule has 0 saturated carbocycles. The number of benzene rings is 1. The van der Waals surface area contributed by atoms with E-state index in [1.54, 1.807) is 0 Å². The van der Waals surface area contributed by atoms with Crippen molar-refractivity contribution in [2.75, 3.05) is 5.32 Å². The number of carbonyl (C=O) groups excluding carboxylic acids is 1. The van der Waals surface area contributed by atoms with E-state index in [9.17, 15) is 4.79 Å². The van der Waals surface area contributed by atoms with E-state index >= 15 is 0 Å². The Morgan fingerprint density at radius 3 is 2.70 bits per heavy atom. The Kier molecular flexibility index (Phi) is 4.94. The number of aromatic nitrogens is 4. The summed E-state index contributed by atoms with van der Waals surface area (Å²) >= 11 is 8.78. The first-order chi connectivity index (χ1) is 13.0. The largest absolute Gasteiger partial charge is 0.296 e. The molecule has 1 aromatic carbocycles. The van der Waals surface area contributed by atoms with Crippen LogP contribution < -0.4 is 5.32 Å². The smallest absolute Gasteiger partial charge is 0.267 e. The maximum atomic E-state index is 12.6. The lowest BCUT2D eigenvalue weighted by Crippen LogP contribution is -2.09. The number of rotatable bonds is 5. The van der Waals surface area contributed by atoms with E-state index in [4.69, 9.17) is 11.6 Å². The molecule has 138 valence electrons. The molecule has 0 unspecified atom stereocenters. The standard InChI is InChI=1S/C18H16ClN5OS2/c1-3-15-21-22-18(27-15)20-16(25)14-8-13-10(2)23-24(17(13)26-14)9-11-4-6-12(19)7-5-11/h4-8H,3,9H2,1-2H3,(H,20,22,25). The number of amides is 1.